The van der Waals surface area contributed by atoms with E-state index in [1.165, 1.54) is 10.5 Å². The molecule has 1 saturated heterocycles. The van der Waals surface area contributed by atoms with Crippen LogP contribution < -0.4 is 15.4 Å². The number of hydrogen-bond donors (Lipinski definition) is 2. The summed E-state index contributed by atoms with van der Waals surface area (Å²) in [6.07, 6.45) is 1.77. The molecule has 0 unspecified atom stereocenters. The van der Waals surface area contributed by atoms with E-state index in [0.29, 0.717) is 5.65 Å². The summed E-state index contributed by atoms with van der Waals surface area (Å²) in [6, 6.07) is 16.2. The van der Waals surface area contributed by atoms with Crippen molar-refractivity contribution in [2.75, 3.05) is 26.2 Å². The molecule has 1 aliphatic heterocycles. The Morgan fingerprint density at radius 2 is 1.65 bits per heavy atom. The van der Waals surface area contributed by atoms with Gasteiger partial charge in [0.15, 0.2) is 0 Å². The van der Waals surface area contributed by atoms with Crippen molar-refractivity contribution in [2.24, 2.45) is 0 Å². The second-order valence-electron chi connectivity index (χ2n) is 7.00. The summed E-state index contributed by atoms with van der Waals surface area (Å²) in [5, 5.41) is 0. The molecular weight excluding hydrogens is 392 g/mol. The number of benzene rings is 1. The Morgan fingerprint density at radius 3 is 2.38 bits per heavy atom. The highest BCUT2D eigenvalue weighted by Crippen LogP contribution is 2.09. The topological polar surface area (TPSA) is 43.2 Å². The van der Waals surface area contributed by atoms with Gasteiger partial charge in [-0.2, -0.15) is 0 Å². The van der Waals surface area contributed by atoms with Gasteiger partial charge in [0.1, 0.15) is 50.6 Å². The van der Waals surface area contributed by atoms with E-state index in [9.17, 15) is 4.79 Å². The van der Waals surface area contributed by atoms with E-state index in [1.807, 2.05) is 12.1 Å². The van der Waals surface area contributed by atoms with Crippen molar-refractivity contribution in [1.29, 1.82) is 0 Å². The highest BCUT2D eigenvalue weighted by molar-refractivity contribution is 9.10. The number of piperazine rings is 1. The van der Waals surface area contributed by atoms with E-state index in [1.54, 1.807) is 21.6 Å². The molecule has 0 aliphatic carbocycles. The van der Waals surface area contributed by atoms with Gasteiger partial charge in [-0.05, 0) is 28.1 Å². The first-order valence-electron chi connectivity index (χ1n) is 9.06. The van der Waals surface area contributed by atoms with Gasteiger partial charge >= 0.3 is 0 Å². The van der Waals surface area contributed by atoms with E-state index < -0.39 is 0 Å². The molecule has 6 heteroatoms. The molecule has 134 valence electrons. The Kier molecular flexibility index (Phi) is 5.15. The Bertz CT molecular complexity index is 949. The number of nitrogens with zero attached hydrogens (tertiary/aromatic N) is 2. The Hall–Kier alpha value is -2.02. The van der Waals surface area contributed by atoms with Crippen molar-refractivity contribution in [2.45, 2.75) is 13.1 Å². The average molecular weight is 415 g/mol. The molecule has 2 aromatic heterocycles. The quantitative estimate of drug-likeness (QED) is 0.627. The van der Waals surface area contributed by atoms with Gasteiger partial charge < -0.3 is 9.80 Å². The maximum absolute atomic E-state index is 12.3. The summed E-state index contributed by atoms with van der Waals surface area (Å²) < 4.78 is 2.47. The molecule has 1 aromatic carbocycles. The van der Waals surface area contributed by atoms with Crippen LogP contribution in [0.2, 0.25) is 0 Å². The number of nitrogens with one attached hydrogen (secondary N) is 2. The molecule has 3 aromatic rings. The van der Waals surface area contributed by atoms with Crippen LogP contribution in [0.1, 0.15) is 11.3 Å². The number of halogens is 1. The standard InChI is InChI=1S/C20H21BrN4O/c21-17-6-7-19-22-18(12-20(26)25(19)14-17)15-24-10-8-23(9-11-24)13-16-4-2-1-3-5-16/h1-7,12,14H,8-11,13,15H2/p+2. The first-order chi connectivity index (χ1) is 12.7. The summed E-state index contributed by atoms with van der Waals surface area (Å²) >= 11 is 3.40. The largest absolute Gasteiger partial charge is 0.322 e. The second-order valence-corrected chi connectivity index (χ2v) is 7.92. The third kappa shape index (κ3) is 4.03. The Morgan fingerprint density at radius 1 is 0.962 bits per heavy atom. The molecular formula is C20H23BrN4O+2. The van der Waals surface area contributed by atoms with Crippen LogP contribution >= 0.6 is 15.9 Å². The number of aromatic nitrogens is 2. The summed E-state index contributed by atoms with van der Waals surface area (Å²) in [5.74, 6) is 0. The molecule has 0 atom stereocenters. The van der Waals surface area contributed by atoms with Crippen LogP contribution in [0, 0.1) is 0 Å². The number of quaternary nitrogens is 2. The lowest BCUT2D eigenvalue weighted by Gasteiger charge is -2.29. The van der Waals surface area contributed by atoms with Gasteiger partial charge in [0.2, 0.25) is 0 Å². The van der Waals surface area contributed by atoms with E-state index >= 15 is 0 Å². The average Bonchev–Trinajstić information content (AvgIpc) is 2.65. The fourth-order valence-electron chi connectivity index (χ4n) is 3.67. The SMILES string of the molecule is O=c1cc(C[NH+]2CC[NH+](Cc3ccccc3)CC2)nc2ccc(Br)cn12. The van der Waals surface area contributed by atoms with Crippen LogP contribution in [-0.4, -0.2) is 35.6 Å². The third-order valence-corrected chi connectivity index (χ3v) is 5.54. The van der Waals surface area contributed by atoms with E-state index in [0.717, 1.165) is 49.4 Å². The zero-order valence-corrected chi connectivity index (χ0v) is 16.2. The maximum Gasteiger partial charge on any atom is 0.258 e. The molecule has 3 heterocycles. The van der Waals surface area contributed by atoms with Gasteiger partial charge in [0.05, 0.1) is 0 Å². The number of pyridine rings is 1. The molecule has 1 aliphatic rings. The normalized spacial score (nSPS) is 20.3. The summed E-state index contributed by atoms with van der Waals surface area (Å²) in [5.41, 5.74) is 2.99. The molecule has 0 radical (unpaired) electrons. The molecule has 0 spiro atoms. The van der Waals surface area contributed by atoms with Gasteiger partial charge in [0, 0.05) is 22.3 Å². The Balaban J connectivity index is 1.39. The molecule has 0 saturated carbocycles. The molecule has 5 nitrogen and oxygen atoms in total. The minimum Gasteiger partial charge on any atom is -0.322 e. The van der Waals surface area contributed by atoms with Crippen molar-refractivity contribution in [3.05, 3.63) is 80.8 Å². The zero-order valence-electron chi connectivity index (χ0n) is 14.6. The highest BCUT2D eigenvalue weighted by atomic mass is 79.9. The number of rotatable bonds is 4. The maximum atomic E-state index is 12.3. The van der Waals surface area contributed by atoms with Gasteiger partial charge in [0.25, 0.3) is 5.56 Å². The Labute approximate surface area is 161 Å². The minimum atomic E-state index is -0.0148. The first-order valence-corrected chi connectivity index (χ1v) is 9.85. The van der Waals surface area contributed by atoms with Gasteiger partial charge in [-0.1, -0.05) is 30.3 Å². The van der Waals surface area contributed by atoms with E-state index in [2.05, 4.69) is 51.2 Å². The first kappa shape index (κ1) is 17.4. The molecule has 1 fully saturated rings. The van der Waals surface area contributed by atoms with E-state index in [-0.39, 0.29) is 5.56 Å². The zero-order chi connectivity index (χ0) is 17.9. The van der Waals surface area contributed by atoms with Crippen LogP contribution in [0.25, 0.3) is 5.65 Å². The van der Waals surface area contributed by atoms with E-state index in [4.69, 9.17) is 0 Å². The van der Waals surface area contributed by atoms with Crippen LogP contribution in [-0.2, 0) is 13.1 Å². The molecule has 2 N–H and O–H groups in total. The van der Waals surface area contributed by atoms with Crippen molar-refractivity contribution in [3.63, 3.8) is 0 Å². The van der Waals surface area contributed by atoms with Crippen molar-refractivity contribution in [3.8, 4) is 0 Å². The predicted octanol–water partition coefficient (Wildman–Crippen LogP) is -0.0594. The predicted molar refractivity (Wildman–Crippen MR) is 104 cm³/mol. The highest BCUT2D eigenvalue weighted by Gasteiger charge is 2.23. The molecule has 26 heavy (non-hydrogen) atoms. The van der Waals surface area contributed by atoms with Gasteiger partial charge in [-0.3, -0.25) is 9.20 Å². The summed E-state index contributed by atoms with van der Waals surface area (Å²) in [6.45, 7) is 6.46. The second kappa shape index (κ2) is 7.70. The lowest BCUT2D eigenvalue weighted by molar-refractivity contribution is -1.02. The van der Waals surface area contributed by atoms with Crippen molar-refractivity contribution >= 4 is 21.6 Å². The van der Waals surface area contributed by atoms with Gasteiger partial charge in [-0.25, -0.2) is 4.98 Å². The van der Waals surface area contributed by atoms with Gasteiger partial charge in [-0.15, -0.1) is 0 Å². The number of hydrogen-bond acceptors (Lipinski definition) is 2. The van der Waals surface area contributed by atoms with Crippen LogP contribution in [0.15, 0.2) is 64.0 Å². The van der Waals surface area contributed by atoms with Crippen LogP contribution in [0.3, 0.4) is 0 Å². The molecule has 0 amide bonds. The van der Waals surface area contributed by atoms with Crippen LogP contribution in [0.4, 0.5) is 0 Å². The molecule has 4 rings (SSSR count). The summed E-state index contributed by atoms with van der Waals surface area (Å²) in [4.78, 5) is 20.2. The third-order valence-electron chi connectivity index (χ3n) is 5.07. The smallest absolute Gasteiger partial charge is 0.258 e. The molecule has 0 bridgehead atoms. The number of fused-ring (bicyclic) bond motifs is 1. The lowest BCUT2D eigenvalue weighted by atomic mass is 10.2. The summed E-state index contributed by atoms with van der Waals surface area (Å²) in [7, 11) is 0. The fraction of sp³-hybridized carbons (Fsp3) is 0.300. The minimum absolute atomic E-state index is 0.0148. The monoisotopic (exact) mass is 414 g/mol. The fourth-order valence-corrected chi connectivity index (χ4v) is 4.00. The lowest BCUT2D eigenvalue weighted by Crippen LogP contribution is -3.27. The van der Waals surface area contributed by atoms with Crippen LogP contribution in [0.5, 0.6) is 0 Å². The van der Waals surface area contributed by atoms with Crippen molar-refractivity contribution in [1.82, 2.24) is 9.38 Å². The van der Waals surface area contributed by atoms with Crippen molar-refractivity contribution < 1.29 is 9.80 Å².